The van der Waals surface area contributed by atoms with Gasteiger partial charge in [0.05, 0.1) is 13.2 Å². The molecule has 0 saturated carbocycles. The van der Waals surface area contributed by atoms with Crippen LogP contribution in [0.1, 0.15) is 40.2 Å². The molecule has 194 valence electrons. The Morgan fingerprint density at radius 2 is 1.53 bits per heavy atom. The lowest BCUT2D eigenvalue weighted by Crippen LogP contribution is -2.73. The molecule has 0 bridgehead atoms. The minimum atomic E-state index is -2.07. The Morgan fingerprint density at radius 3 is 2.06 bits per heavy atom. The number of hydrogen-bond acceptors (Lipinski definition) is 8. The van der Waals surface area contributed by atoms with E-state index in [4.69, 9.17) is 32.8 Å². The van der Waals surface area contributed by atoms with Crippen molar-refractivity contribution in [1.29, 1.82) is 0 Å². The molecule has 0 radical (unpaired) electrons. The molecule has 0 amide bonds. The number of rotatable bonds is 8. The van der Waals surface area contributed by atoms with Crippen LogP contribution in [-0.4, -0.2) is 76.5 Å². The van der Waals surface area contributed by atoms with Crippen molar-refractivity contribution in [3.8, 4) is 0 Å². The molecular formula is C25H42O8Si. The maximum atomic E-state index is 11.3. The molecule has 1 aromatic rings. The lowest BCUT2D eigenvalue weighted by Gasteiger charge is -2.56. The number of methoxy groups -OCH3 is 2. The first-order valence-corrected chi connectivity index (χ1v) is 14.8. The average molecular weight is 499 g/mol. The van der Waals surface area contributed by atoms with Gasteiger partial charge in [-0.2, -0.15) is 0 Å². The number of aliphatic hydroxyl groups is 1. The summed E-state index contributed by atoms with van der Waals surface area (Å²) in [6, 6.07) is 9.82. The quantitative estimate of drug-likeness (QED) is 0.542. The molecule has 3 rings (SSSR count). The van der Waals surface area contributed by atoms with E-state index in [0.717, 1.165) is 5.56 Å². The van der Waals surface area contributed by atoms with E-state index in [1.54, 1.807) is 13.8 Å². The summed E-state index contributed by atoms with van der Waals surface area (Å²) in [5, 5.41) is 11.3. The Morgan fingerprint density at radius 1 is 0.971 bits per heavy atom. The van der Waals surface area contributed by atoms with Crippen molar-refractivity contribution in [2.75, 3.05) is 20.8 Å². The summed E-state index contributed by atoms with van der Waals surface area (Å²) in [4.78, 5) is 0. The zero-order chi connectivity index (χ0) is 25.4. The summed E-state index contributed by atoms with van der Waals surface area (Å²) in [5.41, 5.74) is 0.996. The van der Waals surface area contributed by atoms with Crippen molar-refractivity contribution in [2.45, 2.75) is 102 Å². The lowest BCUT2D eigenvalue weighted by molar-refractivity contribution is -0.484. The first-order valence-electron chi connectivity index (χ1n) is 11.9. The third-order valence-electron chi connectivity index (χ3n) is 7.62. The van der Waals surface area contributed by atoms with E-state index < -0.39 is 50.6 Å². The fourth-order valence-corrected chi connectivity index (χ4v) is 4.90. The summed E-state index contributed by atoms with van der Waals surface area (Å²) < 4.78 is 42.8. The minimum Gasteiger partial charge on any atom is -0.414 e. The normalized spacial score (nSPS) is 36.8. The zero-order valence-corrected chi connectivity index (χ0v) is 23.0. The zero-order valence-electron chi connectivity index (χ0n) is 22.0. The third kappa shape index (κ3) is 5.43. The highest BCUT2D eigenvalue weighted by atomic mass is 28.4. The average Bonchev–Trinajstić information content (AvgIpc) is 2.79. The molecule has 2 saturated heterocycles. The summed E-state index contributed by atoms with van der Waals surface area (Å²) in [5.74, 6) is -2.50. The Labute approximate surface area is 204 Å². The van der Waals surface area contributed by atoms with Crippen LogP contribution in [0.25, 0.3) is 0 Å². The number of benzene rings is 1. The molecule has 34 heavy (non-hydrogen) atoms. The van der Waals surface area contributed by atoms with E-state index in [1.807, 2.05) is 30.3 Å². The second-order valence-electron chi connectivity index (χ2n) is 10.9. The van der Waals surface area contributed by atoms with Crippen LogP contribution < -0.4 is 0 Å². The Balaban J connectivity index is 1.85. The van der Waals surface area contributed by atoms with Gasteiger partial charge < -0.3 is 38.0 Å². The van der Waals surface area contributed by atoms with Gasteiger partial charge in [-0.1, -0.05) is 51.1 Å². The Kier molecular flexibility index (Phi) is 8.34. The maximum absolute atomic E-state index is 11.3. The topological polar surface area (TPSA) is 84.8 Å². The van der Waals surface area contributed by atoms with Crippen LogP contribution in [0.3, 0.4) is 0 Å². The molecular weight excluding hydrogens is 456 g/mol. The molecule has 9 heteroatoms. The number of aliphatic hydroxyl groups excluding tert-OH is 1. The van der Waals surface area contributed by atoms with Gasteiger partial charge >= 0.3 is 0 Å². The highest BCUT2D eigenvalue weighted by molar-refractivity contribution is 6.74. The molecule has 8 nitrogen and oxygen atoms in total. The fraction of sp³-hybridized carbons (Fsp3) is 0.760. The van der Waals surface area contributed by atoms with Gasteiger partial charge in [-0.15, -0.1) is 0 Å². The van der Waals surface area contributed by atoms with Gasteiger partial charge in [0.1, 0.15) is 24.4 Å². The van der Waals surface area contributed by atoms with Crippen molar-refractivity contribution >= 4 is 8.32 Å². The van der Waals surface area contributed by atoms with Gasteiger partial charge in [-0.3, -0.25) is 0 Å². The molecule has 2 fully saturated rings. The molecule has 0 spiro atoms. The van der Waals surface area contributed by atoms with Gasteiger partial charge in [0.15, 0.2) is 14.6 Å². The molecule has 0 aromatic heterocycles. The fourth-order valence-electron chi connectivity index (χ4n) is 3.88. The van der Waals surface area contributed by atoms with E-state index in [9.17, 15) is 5.11 Å². The van der Waals surface area contributed by atoms with E-state index >= 15 is 0 Å². The van der Waals surface area contributed by atoms with Gasteiger partial charge in [0.25, 0.3) is 0 Å². The smallest absolute Gasteiger partial charge is 0.220 e. The highest BCUT2D eigenvalue weighted by Gasteiger charge is 2.62. The summed E-state index contributed by atoms with van der Waals surface area (Å²) in [6.07, 6.45) is -3.99. The Bertz CT molecular complexity index is 800. The highest BCUT2D eigenvalue weighted by Crippen LogP contribution is 2.44. The monoisotopic (exact) mass is 498 g/mol. The molecule has 0 unspecified atom stereocenters. The van der Waals surface area contributed by atoms with Gasteiger partial charge in [0.2, 0.25) is 11.6 Å². The molecule has 2 aliphatic rings. The summed E-state index contributed by atoms with van der Waals surface area (Å²) in [6.45, 7) is 14.9. The van der Waals surface area contributed by atoms with Crippen LogP contribution in [0.2, 0.25) is 18.1 Å². The molecule has 7 atom stereocenters. The van der Waals surface area contributed by atoms with Crippen molar-refractivity contribution in [1.82, 2.24) is 0 Å². The summed E-state index contributed by atoms with van der Waals surface area (Å²) >= 11 is 0. The van der Waals surface area contributed by atoms with Crippen LogP contribution in [0.5, 0.6) is 0 Å². The summed E-state index contributed by atoms with van der Waals surface area (Å²) in [7, 11) is 0.979. The van der Waals surface area contributed by atoms with Crippen LogP contribution in [0, 0.1) is 0 Å². The molecule has 0 aliphatic carbocycles. The molecule has 1 aromatic carbocycles. The SMILES string of the molecule is CO[C@]1(C)O[C@H]2[C@H](OCc3ccccc3)O[C@H](CO[Si](C)(C)C(C)(C)C)[C@@H](O)[C@@H]2O[C@@]1(C)OC. The van der Waals surface area contributed by atoms with E-state index in [1.165, 1.54) is 14.2 Å². The van der Waals surface area contributed by atoms with Crippen LogP contribution in [0.15, 0.2) is 30.3 Å². The molecule has 2 heterocycles. The van der Waals surface area contributed by atoms with Crippen molar-refractivity contribution < 1.29 is 38.0 Å². The Hall–Kier alpha value is -0.883. The van der Waals surface area contributed by atoms with Crippen LogP contribution >= 0.6 is 0 Å². The van der Waals surface area contributed by atoms with Crippen molar-refractivity contribution in [2.24, 2.45) is 0 Å². The van der Waals surface area contributed by atoms with Crippen LogP contribution in [-0.2, 0) is 39.5 Å². The van der Waals surface area contributed by atoms with Crippen LogP contribution in [0.4, 0.5) is 0 Å². The van der Waals surface area contributed by atoms with E-state index in [0.29, 0.717) is 6.61 Å². The standard InChI is InChI=1S/C25H42O8Si/c1-23(2,3)34(8,9)30-16-18-19(26)20-21(33-25(5,28-7)24(4,27-6)32-20)22(31-18)29-15-17-13-11-10-12-14-17/h10-14,18-22,26H,15-16H2,1-9H3/t18-,19-,20+,21-,22-,24-,25-/m1/s1. The first kappa shape index (κ1) is 27.7. The minimum absolute atomic E-state index is 0.0255. The second kappa shape index (κ2) is 10.2. The predicted molar refractivity (Wildman–Crippen MR) is 130 cm³/mol. The van der Waals surface area contributed by atoms with E-state index in [-0.39, 0.29) is 11.6 Å². The maximum Gasteiger partial charge on any atom is 0.220 e. The molecule has 1 N–H and O–H groups in total. The van der Waals surface area contributed by atoms with Gasteiger partial charge in [0, 0.05) is 14.2 Å². The second-order valence-corrected chi connectivity index (χ2v) is 15.7. The lowest BCUT2D eigenvalue weighted by atomic mass is 9.94. The van der Waals surface area contributed by atoms with Gasteiger partial charge in [-0.05, 0) is 37.5 Å². The van der Waals surface area contributed by atoms with Crippen molar-refractivity contribution in [3.05, 3.63) is 35.9 Å². The van der Waals surface area contributed by atoms with Gasteiger partial charge in [-0.25, -0.2) is 0 Å². The number of fused-ring (bicyclic) bond motifs is 1. The predicted octanol–water partition coefficient (Wildman–Crippen LogP) is 3.82. The number of ether oxygens (including phenoxy) is 6. The first-order chi connectivity index (χ1) is 15.8. The molecule has 2 aliphatic heterocycles. The van der Waals surface area contributed by atoms with Crippen molar-refractivity contribution in [3.63, 3.8) is 0 Å². The number of hydrogen-bond donors (Lipinski definition) is 1. The largest absolute Gasteiger partial charge is 0.414 e. The third-order valence-corrected chi connectivity index (χ3v) is 12.1. The van der Waals surface area contributed by atoms with E-state index in [2.05, 4.69) is 33.9 Å².